The molecule has 0 atom stereocenters. The molecule has 1 aromatic carbocycles. The van der Waals surface area contributed by atoms with Crippen LogP contribution in [0.15, 0.2) is 65.4 Å². The highest BCUT2D eigenvalue weighted by molar-refractivity contribution is 9.10. The number of hydrogen-bond donors (Lipinski definition) is 2. The van der Waals surface area contributed by atoms with E-state index in [-0.39, 0.29) is 5.91 Å². The molecular weight excluding hydrogens is 380 g/mol. The molecule has 0 aliphatic rings. The Kier molecular flexibility index (Phi) is 5.40. The quantitative estimate of drug-likeness (QED) is 0.677. The molecule has 0 bridgehead atoms. The Morgan fingerprint density at radius 3 is 2.68 bits per heavy atom. The summed E-state index contributed by atoms with van der Waals surface area (Å²) in [5.41, 5.74) is 4.12. The van der Waals surface area contributed by atoms with E-state index in [0.717, 1.165) is 27.1 Å². The van der Waals surface area contributed by atoms with Crippen LogP contribution in [0.5, 0.6) is 0 Å². The van der Waals surface area contributed by atoms with Crippen LogP contribution >= 0.6 is 15.9 Å². The minimum absolute atomic E-state index is 0.225. The molecule has 25 heavy (non-hydrogen) atoms. The lowest BCUT2D eigenvalue weighted by atomic mass is 10.2. The molecule has 2 heterocycles. The van der Waals surface area contributed by atoms with Gasteiger partial charge in [0, 0.05) is 16.4 Å². The topological polar surface area (TPSA) is 66.9 Å². The number of nitrogens with one attached hydrogen (secondary N) is 2. The van der Waals surface area contributed by atoms with Crippen LogP contribution in [0.25, 0.3) is 0 Å². The maximum absolute atomic E-state index is 12.2. The summed E-state index contributed by atoms with van der Waals surface area (Å²) in [5.74, 6) is -0.225. The highest BCUT2D eigenvalue weighted by Gasteiger charge is 2.07. The van der Waals surface area contributed by atoms with Crippen molar-refractivity contribution >= 4 is 33.2 Å². The summed E-state index contributed by atoms with van der Waals surface area (Å²) in [5, 5.41) is 6.11. The van der Waals surface area contributed by atoms with Gasteiger partial charge in [-0.15, -0.1) is 0 Å². The van der Waals surface area contributed by atoms with Gasteiger partial charge in [0.2, 0.25) is 0 Å². The molecule has 0 radical (unpaired) electrons. The molecule has 2 aromatic heterocycles. The Labute approximate surface area is 154 Å². The van der Waals surface area contributed by atoms with Crippen LogP contribution in [0.2, 0.25) is 0 Å². The van der Waals surface area contributed by atoms with Gasteiger partial charge in [-0.25, -0.2) is 4.98 Å². The predicted octanol–water partition coefficient (Wildman–Crippen LogP) is 4.22. The second kappa shape index (κ2) is 7.90. The fourth-order valence-corrected chi connectivity index (χ4v) is 2.76. The third-order valence-electron chi connectivity index (χ3n) is 3.62. The van der Waals surface area contributed by atoms with Gasteiger partial charge in [-0.3, -0.25) is 9.78 Å². The lowest BCUT2D eigenvalue weighted by Gasteiger charge is -2.10. The molecule has 0 aliphatic carbocycles. The highest BCUT2D eigenvalue weighted by Crippen LogP contribution is 2.23. The molecule has 0 aliphatic heterocycles. The largest absolute Gasteiger partial charge is 0.354 e. The number of nitrogens with zero attached hydrogens (tertiary/aromatic N) is 2. The van der Waals surface area contributed by atoms with Crippen LogP contribution in [0, 0.1) is 6.92 Å². The van der Waals surface area contributed by atoms with Gasteiger partial charge in [0.25, 0.3) is 5.91 Å². The highest BCUT2D eigenvalue weighted by atomic mass is 79.9. The molecule has 3 aromatic rings. The number of carbonyl (C=O) groups excluding carboxylic acids is 1. The van der Waals surface area contributed by atoms with Crippen LogP contribution < -0.4 is 10.6 Å². The van der Waals surface area contributed by atoms with Crippen molar-refractivity contribution in [2.45, 2.75) is 13.5 Å². The van der Waals surface area contributed by atoms with Crippen LogP contribution in [-0.4, -0.2) is 15.9 Å². The van der Waals surface area contributed by atoms with Gasteiger partial charge in [-0.1, -0.05) is 22.0 Å². The Morgan fingerprint density at radius 2 is 2.00 bits per heavy atom. The summed E-state index contributed by atoms with van der Waals surface area (Å²) in [7, 11) is 0. The molecule has 0 fully saturated rings. The zero-order valence-corrected chi connectivity index (χ0v) is 15.2. The Balaban J connectivity index is 1.62. The van der Waals surface area contributed by atoms with Gasteiger partial charge >= 0.3 is 0 Å². The average molecular weight is 397 g/mol. The monoisotopic (exact) mass is 396 g/mol. The normalized spacial score (nSPS) is 10.3. The Morgan fingerprint density at radius 1 is 1.12 bits per heavy atom. The van der Waals surface area contributed by atoms with Crippen molar-refractivity contribution in [2.75, 3.05) is 5.32 Å². The minimum atomic E-state index is -0.225. The number of halogens is 1. The zero-order chi connectivity index (χ0) is 17.6. The first-order chi connectivity index (χ1) is 12.1. The number of aryl methyl sites for hydroxylation is 1. The van der Waals surface area contributed by atoms with Crippen molar-refractivity contribution in [1.29, 1.82) is 0 Å². The summed E-state index contributed by atoms with van der Waals surface area (Å²) in [4.78, 5) is 20.6. The molecule has 0 spiro atoms. The molecule has 0 unspecified atom stereocenters. The smallest absolute Gasteiger partial charge is 0.270 e. The maximum atomic E-state index is 12.2. The Bertz CT molecular complexity index is 866. The van der Waals surface area contributed by atoms with Crippen LogP contribution in [-0.2, 0) is 6.54 Å². The average Bonchev–Trinajstić information content (AvgIpc) is 2.63. The molecular formula is C19H17BrN4O. The number of aromatic nitrogens is 2. The van der Waals surface area contributed by atoms with Gasteiger partial charge in [-0.05, 0) is 55.0 Å². The molecule has 2 N–H and O–H groups in total. The zero-order valence-electron chi connectivity index (χ0n) is 13.7. The lowest BCUT2D eigenvalue weighted by molar-refractivity contribution is 0.0945. The van der Waals surface area contributed by atoms with Crippen molar-refractivity contribution in [2.24, 2.45) is 0 Å². The summed E-state index contributed by atoms with van der Waals surface area (Å²) >= 11 is 3.45. The Hall–Kier alpha value is -2.73. The summed E-state index contributed by atoms with van der Waals surface area (Å²) in [6, 6.07) is 15.1. The van der Waals surface area contributed by atoms with E-state index in [4.69, 9.17) is 0 Å². The number of amides is 1. The second-order valence-corrected chi connectivity index (χ2v) is 6.44. The fourth-order valence-electron chi connectivity index (χ4n) is 2.29. The second-order valence-electron chi connectivity index (χ2n) is 5.52. The van der Waals surface area contributed by atoms with Gasteiger partial charge in [0.15, 0.2) is 0 Å². The lowest BCUT2D eigenvalue weighted by Crippen LogP contribution is -2.24. The SMILES string of the molecule is Cc1cc(Br)ccc1Nc1ccc(C(=O)NCc2ccccn2)nc1. The number of benzene rings is 1. The fraction of sp³-hybridized carbons (Fsp3) is 0.105. The number of anilines is 2. The van der Waals surface area contributed by atoms with Gasteiger partial charge < -0.3 is 10.6 Å². The molecule has 126 valence electrons. The molecule has 1 amide bonds. The van der Waals surface area contributed by atoms with E-state index in [1.165, 1.54) is 0 Å². The molecule has 5 nitrogen and oxygen atoms in total. The molecule has 3 rings (SSSR count). The first-order valence-electron chi connectivity index (χ1n) is 7.79. The van der Waals surface area contributed by atoms with E-state index in [1.807, 2.05) is 49.4 Å². The van der Waals surface area contributed by atoms with Crippen molar-refractivity contribution in [3.63, 3.8) is 0 Å². The standard InChI is InChI=1S/C19H17BrN4O/c1-13-10-14(20)5-7-17(13)24-16-6-8-18(22-12-16)19(25)23-11-15-4-2-3-9-21-15/h2-10,12,24H,11H2,1H3,(H,23,25). The van der Waals surface area contributed by atoms with Crippen LogP contribution in [0.1, 0.15) is 21.7 Å². The molecule has 0 saturated heterocycles. The van der Waals surface area contributed by atoms with E-state index in [0.29, 0.717) is 12.2 Å². The first-order valence-corrected chi connectivity index (χ1v) is 8.58. The van der Waals surface area contributed by atoms with E-state index in [1.54, 1.807) is 18.5 Å². The first kappa shape index (κ1) is 17.1. The third-order valence-corrected chi connectivity index (χ3v) is 4.11. The van der Waals surface area contributed by atoms with E-state index >= 15 is 0 Å². The van der Waals surface area contributed by atoms with Gasteiger partial charge in [0.1, 0.15) is 5.69 Å². The van der Waals surface area contributed by atoms with Gasteiger partial charge in [-0.2, -0.15) is 0 Å². The van der Waals surface area contributed by atoms with Gasteiger partial charge in [0.05, 0.1) is 24.1 Å². The van der Waals surface area contributed by atoms with Crippen molar-refractivity contribution in [3.8, 4) is 0 Å². The van der Waals surface area contributed by atoms with E-state index in [2.05, 4.69) is 36.5 Å². The van der Waals surface area contributed by atoms with Crippen molar-refractivity contribution in [1.82, 2.24) is 15.3 Å². The minimum Gasteiger partial charge on any atom is -0.354 e. The van der Waals surface area contributed by atoms with Crippen LogP contribution in [0.3, 0.4) is 0 Å². The molecule has 6 heteroatoms. The summed E-state index contributed by atoms with van der Waals surface area (Å²) < 4.78 is 1.04. The van der Waals surface area contributed by atoms with E-state index in [9.17, 15) is 4.79 Å². The number of carbonyl (C=O) groups is 1. The van der Waals surface area contributed by atoms with Crippen LogP contribution in [0.4, 0.5) is 11.4 Å². The number of hydrogen-bond acceptors (Lipinski definition) is 4. The summed E-state index contributed by atoms with van der Waals surface area (Å²) in [6.45, 7) is 2.40. The number of rotatable bonds is 5. The predicted molar refractivity (Wildman–Crippen MR) is 102 cm³/mol. The van der Waals surface area contributed by atoms with Crippen molar-refractivity contribution in [3.05, 3.63) is 82.3 Å². The van der Waals surface area contributed by atoms with E-state index < -0.39 is 0 Å². The van der Waals surface area contributed by atoms with Crippen molar-refractivity contribution < 1.29 is 4.79 Å². The number of pyridine rings is 2. The third kappa shape index (κ3) is 4.64. The maximum Gasteiger partial charge on any atom is 0.270 e. The molecule has 0 saturated carbocycles. The summed E-state index contributed by atoms with van der Waals surface area (Å²) in [6.07, 6.45) is 3.35.